The van der Waals surface area contributed by atoms with Gasteiger partial charge in [0.2, 0.25) is 5.91 Å². The van der Waals surface area contributed by atoms with E-state index in [0.29, 0.717) is 6.54 Å². The summed E-state index contributed by atoms with van der Waals surface area (Å²) in [5.74, 6) is 0.846. The molecule has 1 aromatic rings. The number of halogens is 2. The quantitative estimate of drug-likeness (QED) is 0.833. The Labute approximate surface area is 157 Å². The Hall–Kier alpha value is -0.810. The van der Waals surface area contributed by atoms with Crippen LogP contribution in [0.3, 0.4) is 0 Å². The molecule has 1 aliphatic carbocycles. The van der Waals surface area contributed by atoms with Gasteiger partial charge in [-0.25, -0.2) is 0 Å². The van der Waals surface area contributed by atoms with Crippen LogP contribution in [0.1, 0.15) is 43.7 Å². The van der Waals surface area contributed by atoms with Crippen LogP contribution >= 0.6 is 24.8 Å². The van der Waals surface area contributed by atoms with E-state index < -0.39 is 5.54 Å². The van der Waals surface area contributed by atoms with Crippen molar-refractivity contribution < 1.29 is 4.79 Å². The van der Waals surface area contributed by atoms with E-state index in [4.69, 9.17) is 5.73 Å². The van der Waals surface area contributed by atoms with Gasteiger partial charge in [-0.1, -0.05) is 31.2 Å². The molecule has 1 saturated carbocycles. The number of rotatable bonds is 5. The van der Waals surface area contributed by atoms with Crippen molar-refractivity contribution in [3.05, 3.63) is 35.4 Å². The summed E-state index contributed by atoms with van der Waals surface area (Å²) in [5.41, 5.74) is 7.87. The lowest BCUT2D eigenvalue weighted by Gasteiger charge is -2.30. The van der Waals surface area contributed by atoms with Crippen LogP contribution in [0.2, 0.25) is 0 Å². The minimum absolute atomic E-state index is 0. The van der Waals surface area contributed by atoms with Crippen LogP contribution in [0.15, 0.2) is 24.3 Å². The van der Waals surface area contributed by atoms with Crippen LogP contribution in [0.4, 0.5) is 0 Å². The normalized spacial score (nSPS) is 19.8. The topological polar surface area (TPSA) is 58.4 Å². The van der Waals surface area contributed by atoms with Gasteiger partial charge in [0.25, 0.3) is 0 Å². The second-order valence-electron chi connectivity index (χ2n) is 7.07. The highest BCUT2D eigenvalue weighted by molar-refractivity contribution is 5.88. The van der Waals surface area contributed by atoms with Gasteiger partial charge in [0.1, 0.15) is 0 Å². The predicted molar refractivity (Wildman–Crippen MR) is 103 cm³/mol. The zero-order chi connectivity index (χ0) is 15.6. The van der Waals surface area contributed by atoms with Crippen molar-refractivity contribution in [3.63, 3.8) is 0 Å². The Balaban J connectivity index is 0.00000144. The third-order valence-electron chi connectivity index (χ3n) is 5.07. The van der Waals surface area contributed by atoms with Crippen molar-refractivity contribution in [2.75, 3.05) is 13.1 Å². The van der Waals surface area contributed by atoms with Crippen molar-refractivity contribution in [3.8, 4) is 0 Å². The molecule has 1 aliphatic heterocycles. The third kappa shape index (κ3) is 5.35. The molecule has 136 valence electrons. The van der Waals surface area contributed by atoms with E-state index in [9.17, 15) is 4.79 Å². The SMILES string of the molecule is CC1CCN(Cc2ccccc2CNC(=O)C2(N)CC2)CC1.Cl.Cl. The van der Waals surface area contributed by atoms with Crippen LogP contribution in [-0.4, -0.2) is 29.4 Å². The van der Waals surface area contributed by atoms with Gasteiger partial charge in [0, 0.05) is 13.1 Å². The highest BCUT2D eigenvalue weighted by Crippen LogP contribution is 2.32. The number of benzene rings is 1. The highest BCUT2D eigenvalue weighted by Gasteiger charge is 2.45. The average Bonchev–Trinajstić information content (AvgIpc) is 3.27. The Bertz CT molecular complexity index is 541. The van der Waals surface area contributed by atoms with Crippen molar-refractivity contribution in [1.82, 2.24) is 10.2 Å². The maximum atomic E-state index is 12.0. The molecule has 0 bridgehead atoms. The number of hydrogen-bond donors (Lipinski definition) is 2. The monoisotopic (exact) mass is 373 g/mol. The van der Waals surface area contributed by atoms with Gasteiger partial charge < -0.3 is 11.1 Å². The second-order valence-corrected chi connectivity index (χ2v) is 7.07. The molecule has 0 radical (unpaired) electrons. The van der Waals surface area contributed by atoms with Crippen LogP contribution in [0, 0.1) is 5.92 Å². The molecular formula is C18H29Cl2N3O. The second kappa shape index (κ2) is 9.04. The number of amides is 1. The minimum atomic E-state index is -0.585. The lowest BCUT2D eigenvalue weighted by atomic mass is 9.98. The molecule has 1 saturated heterocycles. The summed E-state index contributed by atoms with van der Waals surface area (Å²) >= 11 is 0. The van der Waals surface area contributed by atoms with E-state index in [1.54, 1.807) is 0 Å². The maximum Gasteiger partial charge on any atom is 0.240 e. The zero-order valence-electron chi connectivity index (χ0n) is 14.3. The molecule has 6 heteroatoms. The minimum Gasteiger partial charge on any atom is -0.350 e. The molecule has 24 heavy (non-hydrogen) atoms. The summed E-state index contributed by atoms with van der Waals surface area (Å²) in [4.78, 5) is 14.5. The molecule has 4 nitrogen and oxygen atoms in total. The first-order valence-corrected chi connectivity index (χ1v) is 8.43. The molecule has 1 heterocycles. The first-order valence-electron chi connectivity index (χ1n) is 8.43. The fourth-order valence-electron chi connectivity index (χ4n) is 3.06. The van der Waals surface area contributed by atoms with Gasteiger partial charge in [-0.3, -0.25) is 9.69 Å². The summed E-state index contributed by atoms with van der Waals surface area (Å²) in [6.07, 6.45) is 4.20. The van der Waals surface area contributed by atoms with Crippen LogP contribution in [0.25, 0.3) is 0 Å². The number of hydrogen-bond acceptors (Lipinski definition) is 3. The van der Waals surface area contributed by atoms with Crippen LogP contribution in [0.5, 0.6) is 0 Å². The largest absolute Gasteiger partial charge is 0.350 e. The lowest BCUT2D eigenvalue weighted by Crippen LogP contribution is -2.42. The number of carbonyl (C=O) groups is 1. The highest BCUT2D eigenvalue weighted by atomic mass is 35.5. The Morgan fingerprint density at radius 3 is 2.38 bits per heavy atom. The van der Waals surface area contributed by atoms with E-state index in [1.807, 2.05) is 6.07 Å². The lowest BCUT2D eigenvalue weighted by molar-refractivity contribution is -0.123. The third-order valence-corrected chi connectivity index (χ3v) is 5.07. The zero-order valence-corrected chi connectivity index (χ0v) is 15.9. The molecule has 0 atom stereocenters. The van der Waals surface area contributed by atoms with Gasteiger partial charge in [0.05, 0.1) is 5.54 Å². The van der Waals surface area contributed by atoms with Gasteiger partial charge in [-0.2, -0.15) is 0 Å². The Morgan fingerprint density at radius 1 is 1.21 bits per heavy atom. The molecule has 2 fully saturated rings. The molecule has 1 aromatic carbocycles. The molecule has 2 aliphatic rings. The number of carbonyl (C=O) groups excluding carboxylic acids is 1. The molecule has 1 amide bonds. The van der Waals surface area contributed by atoms with Crippen molar-refractivity contribution in [1.29, 1.82) is 0 Å². The number of piperidine rings is 1. The fourth-order valence-corrected chi connectivity index (χ4v) is 3.06. The Kier molecular flexibility index (Phi) is 8.00. The molecule has 0 unspecified atom stereocenters. The number of nitrogens with one attached hydrogen (secondary N) is 1. The summed E-state index contributed by atoms with van der Waals surface area (Å²) < 4.78 is 0. The molecule has 0 spiro atoms. The van der Waals surface area contributed by atoms with Gasteiger partial charge in [-0.15, -0.1) is 24.8 Å². The van der Waals surface area contributed by atoms with Crippen LogP contribution < -0.4 is 11.1 Å². The smallest absolute Gasteiger partial charge is 0.240 e. The Morgan fingerprint density at radius 2 is 1.79 bits per heavy atom. The molecular weight excluding hydrogens is 345 g/mol. The summed E-state index contributed by atoms with van der Waals surface area (Å²) in [7, 11) is 0. The summed E-state index contributed by atoms with van der Waals surface area (Å²) in [5, 5.41) is 3.00. The van der Waals surface area contributed by atoms with E-state index in [2.05, 4.69) is 35.3 Å². The molecule has 3 rings (SSSR count). The van der Waals surface area contributed by atoms with Crippen molar-refractivity contribution in [2.24, 2.45) is 11.7 Å². The van der Waals surface area contributed by atoms with Gasteiger partial charge in [-0.05, 0) is 55.8 Å². The first kappa shape index (κ1) is 21.2. The summed E-state index contributed by atoms with van der Waals surface area (Å²) in [6.45, 7) is 6.24. The van der Waals surface area contributed by atoms with E-state index in [1.165, 1.54) is 37.1 Å². The van der Waals surface area contributed by atoms with Crippen molar-refractivity contribution >= 4 is 30.7 Å². The van der Waals surface area contributed by atoms with E-state index in [0.717, 1.165) is 25.3 Å². The van der Waals surface area contributed by atoms with Gasteiger partial charge in [0.15, 0.2) is 0 Å². The number of nitrogens with zero attached hydrogens (tertiary/aromatic N) is 1. The molecule has 3 N–H and O–H groups in total. The summed E-state index contributed by atoms with van der Waals surface area (Å²) in [6, 6.07) is 8.41. The van der Waals surface area contributed by atoms with Gasteiger partial charge >= 0.3 is 0 Å². The standard InChI is InChI=1S/C18H27N3O.2ClH/c1-14-6-10-21(11-7-14)13-16-5-3-2-4-15(16)12-20-17(22)18(19)8-9-18;;/h2-5,14H,6-13,19H2,1H3,(H,20,22);2*1H. The number of nitrogens with two attached hydrogens (primary N) is 1. The molecule has 0 aromatic heterocycles. The predicted octanol–water partition coefficient (Wildman–Crippen LogP) is 2.87. The average molecular weight is 374 g/mol. The van der Waals surface area contributed by atoms with E-state index >= 15 is 0 Å². The van der Waals surface area contributed by atoms with E-state index in [-0.39, 0.29) is 30.7 Å². The fraction of sp³-hybridized carbons (Fsp3) is 0.611. The van der Waals surface area contributed by atoms with Crippen LogP contribution in [-0.2, 0) is 17.9 Å². The first-order chi connectivity index (χ1) is 10.6. The maximum absolute atomic E-state index is 12.0. The van der Waals surface area contributed by atoms with Crippen molar-refractivity contribution in [2.45, 2.75) is 51.2 Å². The number of likely N-dealkylation sites (tertiary alicyclic amines) is 1.